The maximum Gasteiger partial charge on any atom is 0.272 e. The Bertz CT molecular complexity index is 656. The SMILES string of the molecule is CCOc1cccc(/C=N\NC(=O)c2ccccc2Br)c1. The standard InChI is InChI=1S/C16H15BrN2O2/c1-2-21-13-7-5-6-12(10-13)11-18-19-16(20)14-8-3-4-9-15(14)17/h3-11H,2H2,1H3,(H,19,20)/b18-11-. The van der Waals surface area contributed by atoms with E-state index >= 15 is 0 Å². The van der Waals surface area contributed by atoms with E-state index in [1.807, 2.05) is 43.3 Å². The molecule has 0 unspecified atom stereocenters. The Kier molecular flexibility index (Phi) is 5.51. The van der Waals surface area contributed by atoms with Gasteiger partial charge in [0.05, 0.1) is 18.4 Å². The summed E-state index contributed by atoms with van der Waals surface area (Å²) in [6, 6.07) is 14.7. The lowest BCUT2D eigenvalue weighted by Gasteiger charge is -2.03. The number of rotatable bonds is 5. The molecule has 2 rings (SSSR count). The van der Waals surface area contributed by atoms with Crippen LogP contribution in [0.3, 0.4) is 0 Å². The van der Waals surface area contributed by atoms with Gasteiger partial charge in [0.2, 0.25) is 0 Å². The maximum absolute atomic E-state index is 11.9. The third-order valence-electron chi connectivity index (χ3n) is 2.67. The van der Waals surface area contributed by atoms with Crippen molar-refractivity contribution < 1.29 is 9.53 Å². The first-order valence-corrected chi connectivity index (χ1v) is 7.31. The summed E-state index contributed by atoms with van der Waals surface area (Å²) in [6.07, 6.45) is 1.58. The first-order chi connectivity index (χ1) is 10.2. The van der Waals surface area contributed by atoms with E-state index in [2.05, 4.69) is 26.5 Å². The highest BCUT2D eigenvalue weighted by Gasteiger charge is 2.07. The van der Waals surface area contributed by atoms with Gasteiger partial charge in [0.1, 0.15) is 5.75 Å². The molecule has 0 saturated heterocycles. The topological polar surface area (TPSA) is 50.7 Å². The van der Waals surface area contributed by atoms with E-state index in [4.69, 9.17) is 4.74 Å². The molecule has 0 heterocycles. The zero-order valence-corrected chi connectivity index (χ0v) is 13.1. The largest absolute Gasteiger partial charge is 0.494 e. The van der Waals surface area contributed by atoms with E-state index in [1.54, 1.807) is 18.3 Å². The van der Waals surface area contributed by atoms with E-state index in [0.29, 0.717) is 12.2 Å². The van der Waals surface area contributed by atoms with Gasteiger partial charge in [-0.1, -0.05) is 24.3 Å². The normalized spacial score (nSPS) is 10.6. The molecule has 0 bridgehead atoms. The van der Waals surface area contributed by atoms with Crippen LogP contribution >= 0.6 is 15.9 Å². The van der Waals surface area contributed by atoms with Crippen LogP contribution in [0.2, 0.25) is 0 Å². The lowest BCUT2D eigenvalue weighted by Crippen LogP contribution is -2.18. The Labute approximate surface area is 132 Å². The van der Waals surface area contributed by atoms with E-state index in [0.717, 1.165) is 15.8 Å². The van der Waals surface area contributed by atoms with Gasteiger partial charge in [0.15, 0.2) is 0 Å². The van der Waals surface area contributed by atoms with Crippen LogP contribution in [-0.2, 0) is 0 Å². The molecule has 2 aromatic rings. The Morgan fingerprint density at radius 2 is 2.10 bits per heavy atom. The summed E-state index contributed by atoms with van der Waals surface area (Å²) in [5, 5.41) is 3.96. The molecule has 0 saturated carbocycles. The molecule has 1 N–H and O–H groups in total. The smallest absolute Gasteiger partial charge is 0.272 e. The fourth-order valence-corrected chi connectivity index (χ4v) is 2.19. The summed E-state index contributed by atoms with van der Waals surface area (Å²) in [5.41, 5.74) is 3.89. The van der Waals surface area contributed by atoms with Gasteiger partial charge in [-0.25, -0.2) is 5.43 Å². The fourth-order valence-electron chi connectivity index (χ4n) is 1.72. The molecular weight excluding hydrogens is 332 g/mol. The summed E-state index contributed by atoms with van der Waals surface area (Å²) in [4.78, 5) is 11.9. The third-order valence-corrected chi connectivity index (χ3v) is 3.36. The zero-order valence-electron chi connectivity index (χ0n) is 11.5. The molecule has 0 spiro atoms. The molecule has 0 atom stereocenters. The van der Waals surface area contributed by atoms with Crippen LogP contribution in [0.4, 0.5) is 0 Å². The monoisotopic (exact) mass is 346 g/mol. The van der Waals surface area contributed by atoms with E-state index < -0.39 is 0 Å². The van der Waals surface area contributed by atoms with Crippen molar-refractivity contribution in [2.45, 2.75) is 6.92 Å². The average molecular weight is 347 g/mol. The minimum absolute atomic E-state index is 0.264. The third kappa shape index (κ3) is 4.43. The van der Waals surface area contributed by atoms with Crippen molar-refractivity contribution in [3.8, 4) is 5.75 Å². The van der Waals surface area contributed by atoms with Crippen molar-refractivity contribution in [1.29, 1.82) is 0 Å². The van der Waals surface area contributed by atoms with Crippen LogP contribution < -0.4 is 10.2 Å². The van der Waals surface area contributed by atoms with Crippen LogP contribution in [0.15, 0.2) is 58.1 Å². The number of carbonyl (C=O) groups excluding carboxylic acids is 1. The molecule has 0 aromatic heterocycles. The second kappa shape index (κ2) is 7.59. The Hall–Kier alpha value is -2.14. The highest BCUT2D eigenvalue weighted by Crippen LogP contribution is 2.15. The van der Waals surface area contributed by atoms with Gasteiger partial charge in [-0.2, -0.15) is 5.10 Å². The van der Waals surface area contributed by atoms with Gasteiger partial charge in [-0.3, -0.25) is 4.79 Å². The zero-order chi connectivity index (χ0) is 15.1. The second-order valence-electron chi connectivity index (χ2n) is 4.18. The number of benzene rings is 2. The van der Waals surface area contributed by atoms with Gasteiger partial charge in [0, 0.05) is 4.47 Å². The summed E-state index contributed by atoms with van der Waals surface area (Å²) in [6.45, 7) is 2.54. The van der Waals surface area contributed by atoms with Crippen molar-refractivity contribution >= 4 is 28.1 Å². The molecule has 4 nitrogen and oxygen atoms in total. The predicted molar refractivity (Wildman–Crippen MR) is 86.8 cm³/mol. The van der Waals surface area contributed by atoms with E-state index in [9.17, 15) is 4.79 Å². The van der Waals surface area contributed by atoms with Crippen molar-refractivity contribution in [3.05, 3.63) is 64.1 Å². The van der Waals surface area contributed by atoms with Crippen LogP contribution in [0.5, 0.6) is 5.75 Å². The second-order valence-corrected chi connectivity index (χ2v) is 5.04. The number of amides is 1. The summed E-state index contributed by atoms with van der Waals surface area (Å²) < 4.78 is 6.14. The van der Waals surface area contributed by atoms with Gasteiger partial charge in [0.25, 0.3) is 5.91 Å². The van der Waals surface area contributed by atoms with Crippen LogP contribution in [0.25, 0.3) is 0 Å². The quantitative estimate of drug-likeness (QED) is 0.664. The molecule has 108 valence electrons. The van der Waals surface area contributed by atoms with Crippen molar-refractivity contribution in [3.63, 3.8) is 0 Å². The molecule has 2 aromatic carbocycles. The van der Waals surface area contributed by atoms with Crippen LogP contribution in [0.1, 0.15) is 22.8 Å². The predicted octanol–water partition coefficient (Wildman–Crippen LogP) is 3.61. The number of nitrogens with one attached hydrogen (secondary N) is 1. The maximum atomic E-state index is 11.9. The molecular formula is C16H15BrN2O2. The summed E-state index contributed by atoms with van der Waals surface area (Å²) >= 11 is 3.33. The van der Waals surface area contributed by atoms with E-state index in [-0.39, 0.29) is 5.91 Å². The lowest BCUT2D eigenvalue weighted by atomic mass is 10.2. The Morgan fingerprint density at radius 1 is 1.29 bits per heavy atom. The van der Waals surface area contributed by atoms with Crippen molar-refractivity contribution in [2.24, 2.45) is 5.10 Å². The van der Waals surface area contributed by atoms with Gasteiger partial charge in [-0.05, 0) is 52.7 Å². The van der Waals surface area contributed by atoms with Crippen LogP contribution in [-0.4, -0.2) is 18.7 Å². The lowest BCUT2D eigenvalue weighted by molar-refractivity contribution is 0.0954. The summed E-state index contributed by atoms with van der Waals surface area (Å²) in [5.74, 6) is 0.512. The Morgan fingerprint density at radius 3 is 2.86 bits per heavy atom. The number of hydrazone groups is 1. The number of ether oxygens (including phenoxy) is 1. The Balaban J connectivity index is 2.01. The number of hydrogen-bond acceptors (Lipinski definition) is 3. The minimum Gasteiger partial charge on any atom is -0.494 e. The van der Waals surface area contributed by atoms with Gasteiger partial charge < -0.3 is 4.74 Å². The molecule has 0 aliphatic carbocycles. The summed E-state index contributed by atoms with van der Waals surface area (Å²) in [7, 11) is 0. The highest BCUT2D eigenvalue weighted by molar-refractivity contribution is 9.10. The molecule has 0 aliphatic heterocycles. The number of carbonyl (C=O) groups is 1. The van der Waals surface area contributed by atoms with Gasteiger partial charge in [-0.15, -0.1) is 0 Å². The first kappa shape index (κ1) is 15.3. The number of halogens is 1. The van der Waals surface area contributed by atoms with Gasteiger partial charge >= 0.3 is 0 Å². The average Bonchev–Trinajstić information content (AvgIpc) is 2.48. The van der Waals surface area contributed by atoms with Crippen molar-refractivity contribution in [2.75, 3.05) is 6.61 Å². The molecule has 0 fully saturated rings. The van der Waals surface area contributed by atoms with E-state index in [1.165, 1.54) is 0 Å². The molecule has 21 heavy (non-hydrogen) atoms. The minimum atomic E-state index is -0.264. The molecule has 0 radical (unpaired) electrons. The first-order valence-electron chi connectivity index (χ1n) is 6.51. The number of hydrogen-bond donors (Lipinski definition) is 1. The molecule has 1 amide bonds. The van der Waals surface area contributed by atoms with Crippen molar-refractivity contribution in [1.82, 2.24) is 5.43 Å². The number of nitrogens with zero attached hydrogens (tertiary/aromatic N) is 1. The molecule has 0 aliphatic rings. The fraction of sp³-hybridized carbons (Fsp3) is 0.125. The highest BCUT2D eigenvalue weighted by atomic mass is 79.9. The molecule has 5 heteroatoms. The van der Waals surface area contributed by atoms with Crippen LogP contribution in [0, 0.1) is 0 Å².